The van der Waals surface area contributed by atoms with Gasteiger partial charge in [-0.05, 0) is 19.3 Å². The van der Waals surface area contributed by atoms with Gasteiger partial charge in [-0.15, -0.1) is 0 Å². The number of nitrogens with two attached hydrogens (primary N) is 1. The number of rotatable bonds is 27. The molecule has 0 aromatic heterocycles. The molecule has 0 amide bonds. The van der Waals surface area contributed by atoms with Gasteiger partial charge in [-0.25, -0.2) is 5.90 Å². The van der Waals surface area contributed by atoms with E-state index in [1.54, 1.807) is 0 Å². The van der Waals surface area contributed by atoms with Crippen LogP contribution < -0.4 is 5.90 Å². The maximum absolute atomic E-state index is 5.72. The Morgan fingerprint density at radius 3 is 0.848 bits per heavy atom. The molecule has 2 N–H and O–H groups in total. The van der Waals surface area contributed by atoms with E-state index in [0.717, 1.165) is 26.2 Å². The highest BCUT2D eigenvalue weighted by Crippen LogP contribution is 2.10. The predicted molar refractivity (Wildman–Crippen MR) is 149 cm³/mol. The minimum Gasteiger partial charge on any atom is -0.381 e. The van der Waals surface area contributed by atoms with Crippen LogP contribution >= 0.6 is 0 Å². The van der Waals surface area contributed by atoms with Crippen molar-refractivity contribution in [2.75, 3.05) is 19.8 Å². The summed E-state index contributed by atoms with van der Waals surface area (Å²) in [5, 5.41) is 0. The summed E-state index contributed by atoms with van der Waals surface area (Å²) in [6.07, 6.45) is 32.9. The minimum absolute atomic E-state index is 0.717. The van der Waals surface area contributed by atoms with Crippen molar-refractivity contribution in [3.63, 3.8) is 0 Å². The maximum atomic E-state index is 5.72. The Balaban J connectivity index is 0. The second-order valence-corrected chi connectivity index (χ2v) is 9.91. The van der Waals surface area contributed by atoms with E-state index in [1.165, 1.54) is 148 Å². The lowest BCUT2D eigenvalue weighted by Gasteiger charge is -2.05. The predicted octanol–water partition coefficient (Wildman–Crippen LogP) is 10.3. The van der Waals surface area contributed by atoms with E-state index in [1.807, 2.05) is 0 Å². The fourth-order valence-corrected chi connectivity index (χ4v) is 4.10. The summed E-state index contributed by atoms with van der Waals surface area (Å²) in [7, 11) is 0. The highest BCUT2D eigenvalue weighted by Gasteiger charge is 1.94. The molecule has 0 aromatic carbocycles. The van der Waals surface area contributed by atoms with Gasteiger partial charge in [-0.3, -0.25) is 0 Å². The number of ether oxygens (including phenoxy) is 1. The Bertz CT molecular complexity index is 271. The molecule has 0 saturated heterocycles. The van der Waals surface area contributed by atoms with E-state index < -0.39 is 0 Å². The highest BCUT2D eigenvalue weighted by atomic mass is 16.6. The topological polar surface area (TPSA) is 44.5 Å². The summed E-state index contributed by atoms with van der Waals surface area (Å²) in [6.45, 7) is 9.51. The van der Waals surface area contributed by atoms with Crippen LogP contribution in [0.2, 0.25) is 0 Å². The second-order valence-electron chi connectivity index (χ2n) is 9.91. The molecule has 0 aliphatic heterocycles. The zero-order chi connectivity index (χ0) is 24.5. The third-order valence-corrected chi connectivity index (χ3v) is 6.40. The van der Waals surface area contributed by atoms with Crippen molar-refractivity contribution in [3.05, 3.63) is 0 Å². The van der Waals surface area contributed by atoms with Gasteiger partial charge in [0.05, 0.1) is 6.61 Å². The SMILES string of the molecule is CCCCCCCCCCOCCCCCCCCCC.CCCCCCCCCCON. The number of unbranched alkanes of at least 4 members (excludes halogenated alkanes) is 21. The molecule has 0 aromatic rings. The smallest absolute Gasteiger partial charge is 0.0679 e. The fraction of sp³-hybridized carbons (Fsp3) is 1.00. The van der Waals surface area contributed by atoms with Crippen LogP contribution in [0.4, 0.5) is 0 Å². The first-order chi connectivity index (χ1) is 16.3. The summed E-state index contributed by atoms with van der Waals surface area (Å²) >= 11 is 0. The van der Waals surface area contributed by atoms with E-state index in [-0.39, 0.29) is 0 Å². The molecule has 0 atom stereocenters. The maximum Gasteiger partial charge on any atom is 0.0679 e. The minimum atomic E-state index is 0.717. The van der Waals surface area contributed by atoms with Crippen molar-refractivity contribution < 1.29 is 9.57 Å². The fourth-order valence-electron chi connectivity index (χ4n) is 4.10. The van der Waals surface area contributed by atoms with Crippen LogP contribution in [0, 0.1) is 0 Å². The Kier molecular flexibility index (Phi) is 38.7. The average Bonchev–Trinajstić information content (AvgIpc) is 2.83. The molecule has 33 heavy (non-hydrogen) atoms. The molecule has 0 rings (SSSR count). The van der Waals surface area contributed by atoms with Gasteiger partial charge < -0.3 is 9.57 Å². The van der Waals surface area contributed by atoms with Crippen LogP contribution in [0.1, 0.15) is 175 Å². The lowest BCUT2D eigenvalue weighted by Crippen LogP contribution is -2.00. The van der Waals surface area contributed by atoms with Gasteiger partial charge in [0.2, 0.25) is 0 Å². The number of hydrogen-bond donors (Lipinski definition) is 1. The molecule has 3 heteroatoms. The van der Waals surface area contributed by atoms with E-state index in [4.69, 9.17) is 10.6 Å². The van der Waals surface area contributed by atoms with Gasteiger partial charge in [0.25, 0.3) is 0 Å². The van der Waals surface area contributed by atoms with E-state index in [2.05, 4.69) is 25.6 Å². The molecule has 202 valence electrons. The molecule has 0 aliphatic carbocycles. The summed E-state index contributed by atoms with van der Waals surface area (Å²) in [6, 6.07) is 0. The van der Waals surface area contributed by atoms with Gasteiger partial charge in [0.1, 0.15) is 0 Å². The summed E-state index contributed by atoms with van der Waals surface area (Å²) in [4.78, 5) is 4.49. The second kappa shape index (κ2) is 36.4. The Hall–Kier alpha value is -0.120. The van der Waals surface area contributed by atoms with Gasteiger partial charge in [-0.2, -0.15) is 0 Å². The van der Waals surface area contributed by atoms with Gasteiger partial charge in [0, 0.05) is 13.2 Å². The molecule has 0 unspecified atom stereocenters. The average molecular weight is 472 g/mol. The third kappa shape index (κ3) is 39.4. The van der Waals surface area contributed by atoms with Crippen LogP contribution in [0.15, 0.2) is 0 Å². The first-order valence-electron chi connectivity index (χ1n) is 15.2. The zero-order valence-electron chi connectivity index (χ0n) is 23.5. The first-order valence-corrected chi connectivity index (χ1v) is 15.2. The van der Waals surface area contributed by atoms with E-state index in [0.29, 0.717) is 0 Å². The zero-order valence-corrected chi connectivity index (χ0v) is 23.5. The van der Waals surface area contributed by atoms with Crippen LogP contribution in [-0.4, -0.2) is 19.8 Å². The van der Waals surface area contributed by atoms with Crippen molar-refractivity contribution in [3.8, 4) is 0 Å². The number of hydrogen-bond acceptors (Lipinski definition) is 3. The quantitative estimate of drug-likeness (QED) is 0.0956. The summed E-state index contributed by atoms with van der Waals surface area (Å²) < 4.78 is 5.72. The molecule has 0 heterocycles. The van der Waals surface area contributed by atoms with Crippen LogP contribution in [0.25, 0.3) is 0 Å². The van der Waals surface area contributed by atoms with Crippen LogP contribution in [0.5, 0.6) is 0 Å². The van der Waals surface area contributed by atoms with Crippen molar-refractivity contribution in [1.29, 1.82) is 0 Å². The standard InChI is InChI=1S/C20H42O.C10H23NO/c1-3-5-7-9-11-13-15-17-19-21-20-18-16-14-12-10-8-6-4-2;1-2-3-4-5-6-7-8-9-10-12-11/h3-20H2,1-2H3;2-11H2,1H3. The Morgan fingerprint density at radius 2 is 0.576 bits per heavy atom. The van der Waals surface area contributed by atoms with Crippen LogP contribution in [0.3, 0.4) is 0 Å². The van der Waals surface area contributed by atoms with Crippen LogP contribution in [-0.2, 0) is 9.57 Å². The summed E-state index contributed by atoms with van der Waals surface area (Å²) in [5.74, 6) is 4.91. The molecule has 0 aliphatic rings. The molecule has 0 saturated carbocycles. The van der Waals surface area contributed by atoms with Gasteiger partial charge in [-0.1, -0.05) is 156 Å². The van der Waals surface area contributed by atoms with Gasteiger partial charge >= 0.3 is 0 Å². The summed E-state index contributed by atoms with van der Waals surface area (Å²) in [5.41, 5.74) is 0. The van der Waals surface area contributed by atoms with Crippen molar-refractivity contribution in [2.24, 2.45) is 5.90 Å². The molecule has 0 spiro atoms. The van der Waals surface area contributed by atoms with Gasteiger partial charge in [0.15, 0.2) is 0 Å². The molecule has 0 fully saturated rings. The van der Waals surface area contributed by atoms with Crippen molar-refractivity contribution in [2.45, 2.75) is 175 Å². The highest BCUT2D eigenvalue weighted by molar-refractivity contribution is 4.48. The largest absolute Gasteiger partial charge is 0.381 e. The normalized spacial score (nSPS) is 10.9. The Labute approximate surface area is 210 Å². The third-order valence-electron chi connectivity index (χ3n) is 6.40. The lowest BCUT2D eigenvalue weighted by molar-refractivity contribution is 0.125. The lowest BCUT2D eigenvalue weighted by atomic mass is 10.1. The molecule has 0 radical (unpaired) electrons. The molecular weight excluding hydrogens is 406 g/mol. The first kappa shape index (κ1) is 35.0. The molecular formula is C30H65NO2. The molecule has 0 bridgehead atoms. The molecule has 3 nitrogen and oxygen atoms in total. The van der Waals surface area contributed by atoms with Crippen molar-refractivity contribution >= 4 is 0 Å². The van der Waals surface area contributed by atoms with E-state index >= 15 is 0 Å². The van der Waals surface area contributed by atoms with E-state index in [9.17, 15) is 0 Å². The Morgan fingerprint density at radius 1 is 0.333 bits per heavy atom. The monoisotopic (exact) mass is 472 g/mol. The van der Waals surface area contributed by atoms with Crippen molar-refractivity contribution in [1.82, 2.24) is 0 Å².